The van der Waals surface area contributed by atoms with Crippen molar-refractivity contribution in [2.45, 2.75) is 49.3 Å². The number of carbonyl (C=O) groups is 1. The first kappa shape index (κ1) is 23.0. The van der Waals surface area contributed by atoms with Crippen molar-refractivity contribution in [2.24, 2.45) is 0 Å². The van der Waals surface area contributed by atoms with Crippen LogP contribution in [0, 0.1) is 0 Å². The molecule has 2 aromatic rings. The number of para-hydroxylation sites is 2. The third-order valence-electron chi connectivity index (χ3n) is 4.62. The van der Waals surface area contributed by atoms with Gasteiger partial charge >= 0.3 is 7.75 Å². The fourth-order valence-corrected chi connectivity index (χ4v) is 5.39. The van der Waals surface area contributed by atoms with Gasteiger partial charge in [0.2, 0.25) is 5.91 Å². The Balaban J connectivity index is 1.76. The van der Waals surface area contributed by atoms with Gasteiger partial charge in [0.05, 0.1) is 31.1 Å². The van der Waals surface area contributed by atoms with E-state index in [1.54, 1.807) is 16.7 Å². The van der Waals surface area contributed by atoms with Gasteiger partial charge in [-0.15, -0.1) is 0 Å². The monoisotopic (exact) mass is 448 g/mol. The highest BCUT2D eigenvalue weighted by Crippen LogP contribution is 2.48. The van der Waals surface area contributed by atoms with Gasteiger partial charge in [-0.2, -0.15) is 0 Å². The molecule has 3 rings (SSSR count). The number of benzene rings is 2. The molecule has 0 fully saturated rings. The fraction of sp³-hybridized carbons (Fsp3) is 0.409. The van der Waals surface area contributed by atoms with E-state index in [4.69, 9.17) is 9.05 Å². The second-order valence-corrected chi connectivity index (χ2v) is 9.88. The summed E-state index contributed by atoms with van der Waals surface area (Å²) in [7, 11) is -3.56. The van der Waals surface area contributed by atoms with Crippen LogP contribution in [0.25, 0.3) is 0 Å². The Labute approximate surface area is 182 Å². The zero-order valence-electron chi connectivity index (χ0n) is 17.5. The number of hydrogen-bond donors (Lipinski definition) is 1. The van der Waals surface area contributed by atoms with Crippen molar-refractivity contribution in [1.29, 1.82) is 0 Å². The van der Waals surface area contributed by atoms with Crippen LogP contribution < -0.4 is 9.99 Å². The van der Waals surface area contributed by atoms with Gasteiger partial charge in [0.15, 0.2) is 0 Å². The van der Waals surface area contributed by atoms with Crippen molar-refractivity contribution >= 4 is 36.8 Å². The number of carbonyl (C=O) groups excluding carboxylic acids is 1. The van der Waals surface area contributed by atoms with Crippen LogP contribution in [0.4, 0.5) is 11.4 Å². The highest BCUT2D eigenvalue weighted by Gasteiger charge is 2.31. The van der Waals surface area contributed by atoms with Gasteiger partial charge in [-0.1, -0.05) is 62.7 Å². The van der Waals surface area contributed by atoms with E-state index in [-0.39, 0.29) is 12.5 Å². The van der Waals surface area contributed by atoms with Gasteiger partial charge in [-0.25, -0.2) is 9.65 Å². The largest absolute Gasteiger partial charge is 0.405 e. The molecular formula is C22H29N2O4PS. The van der Waals surface area contributed by atoms with E-state index in [2.05, 4.69) is 5.09 Å². The first-order chi connectivity index (χ1) is 14.6. The average Bonchev–Trinajstić information content (AvgIpc) is 2.76. The molecule has 0 saturated heterocycles. The maximum atomic E-state index is 13.3. The van der Waals surface area contributed by atoms with Gasteiger partial charge in [0.25, 0.3) is 0 Å². The lowest BCUT2D eigenvalue weighted by atomic mass is 10.2. The summed E-state index contributed by atoms with van der Waals surface area (Å²) in [4.78, 5) is 16.9. The van der Waals surface area contributed by atoms with E-state index >= 15 is 0 Å². The molecule has 6 nitrogen and oxygen atoms in total. The van der Waals surface area contributed by atoms with Gasteiger partial charge in [0.1, 0.15) is 0 Å². The number of anilines is 2. The summed E-state index contributed by atoms with van der Waals surface area (Å²) in [5.41, 5.74) is 1.64. The molecule has 1 N–H and O–H groups in total. The zero-order valence-corrected chi connectivity index (χ0v) is 19.2. The maximum Gasteiger partial charge on any atom is 0.405 e. The van der Waals surface area contributed by atoms with Crippen molar-refractivity contribution in [3.05, 3.63) is 48.5 Å². The minimum Gasteiger partial charge on any atom is -0.297 e. The SMILES string of the molecule is CCCCOP(=O)(NCC(=O)N1c2ccccc2Sc2ccccc21)OCCCC. The molecule has 0 radical (unpaired) electrons. The van der Waals surface area contributed by atoms with Crippen LogP contribution in [0.1, 0.15) is 39.5 Å². The Morgan fingerprint density at radius 2 is 1.43 bits per heavy atom. The predicted octanol–water partition coefficient (Wildman–Crippen LogP) is 6.15. The second kappa shape index (κ2) is 11.1. The van der Waals surface area contributed by atoms with Crippen LogP contribution >= 0.6 is 19.5 Å². The van der Waals surface area contributed by atoms with Crippen molar-refractivity contribution in [3.8, 4) is 0 Å². The summed E-state index contributed by atoms with van der Waals surface area (Å²) in [5, 5.41) is 2.79. The van der Waals surface area contributed by atoms with Gasteiger partial charge < -0.3 is 0 Å². The van der Waals surface area contributed by atoms with Crippen molar-refractivity contribution in [1.82, 2.24) is 5.09 Å². The summed E-state index contributed by atoms with van der Waals surface area (Å²) in [6.07, 6.45) is 3.40. The van der Waals surface area contributed by atoms with Crippen LogP contribution in [-0.4, -0.2) is 25.7 Å². The summed E-state index contributed by atoms with van der Waals surface area (Å²) in [5.74, 6) is -0.214. The molecule has 0 saturated carbocycles. The number of nitrogens with one attached hydrogen (secondary N) is 1. The van der Waals surface area contributed by atoms with E-state index in [0.29, 0.717) is 13.2 Å². The summed E-state index contributed by atoms with van der Waals surface area (Å²) in [6.45, 7) is 4.57. The quantitative estimate of drug-likeness (QED) is 0.329. The van der Waals surface area contributed by atoms with Gasteiger partial charge in [-0.3, -0.25) is 18.7 Å². The molecule has 30 heavy (non-hydrogen) atoms. The van der Waals surface area contributed by atoms with E-state index in [9.17, 15) is 9.36 Å². The molecule has 1 heterocycles. The smallest absolute Gasteiger partial charge is 0.297 e. The van der Waals surface area contributed by atoms with Crippen LogP contribution in [0.5, 0.6) is 0 Å². The Kier molecular flexibility index (Phi) is 8.54. The normalized spacial score (nSPS) is 13.1. The highest BCUT2D eigenvalue weighted by molar-refractivity contribution is 7.99. The molecule has 1 aliphatic heterocycles. The number of unbranched alkanes of at least 4 members (excludes halogenated alkanes) is 2. The fourth-order valence-electron chi connectivity index (χ4n) is 3.00. The Hall–Kier alpha value is -1.63. The lowest BCUT2D eigenvalue weighted by molar-refractivity contribution is -0.117. The number of fused-ring (bicyclic) bond motifs is 2. The zero-order chi connectivity index (χ0) is 21.4. The van der Waals surface area contributed by atoms with Crippen LogP contribution in [0.3, 0.4) is 0 Å². The average molecular weight is 449 g/mol. The predicted molar refractivity (Wildman–Crippen MR) is 121 cm³/mol. The first-order valence-corrected chi connectivity index (χ1v) is 12.8. The van der Waals surface area contributed by atoms with Crippen molar-refractivity contribution in [3.63, 3.8) is 0 Å². The van der Waals surface area contributed by atoms with Crippen LogP contribution in [0.2, 0.25) is 0 Å². The second-order valence-electron chi connectivity index (χ2n) is 6.97. The molecular weight excluding hydrogens is 419 g/mol. The molecule has 1 aliphatic rings. The van der Waals surface area contributed by atoms with Crippen molar-refractivity contribution < 1.29 is 18.4 Å². The van der Waals surface area contributed by atoms with Gasteiger partial charge in [-0.05, 0) is 37.1 Å². The molecule has 0 spiro atoms. The van der Waals surface area contributed by atoms with E-state index in [1.165, 1.54) is 0 Å². The summed E-state index contributed by atoms with van der Waals surface area (Å²) >= 11 is 1.64. The van der Waals surface area contributed by atoms with E-state index in [0.717, 1.165) is 46.8 Å². The molecule has 0 aromatic heterocycles. The standard InChI is InChI=1S/C22H29N2O4PS/c1-3-5-15-27-29(26,28-16-6-4-2)23-17-22(25)24-18-11-7-9-13-20(18)30-21-14-10-8-12-19(21)24/h7-14H,3-6,15-17H2,1-2H3,(H,23,26). The molecule has 8 heteroatoms. The van der Waals surface area contributed by atoms with E-state index in [1.807, 2.05) is 62.4 Å². The molecule has 0 atom stereocenters. The third-order valence-corrected chi connectivity index (χ3v) is 7.34. The Morgan fingerprint density at radius 3 is 1.93 bits per heavy atom. The lowest BCUT2D eigenvalue weighted by Gasteiger charge is -2.31. The molecule has 162 valence electrons. The minimum absolute atomic E-state index is 0.150. The molecule has 0 aliphatic carbocycles. The Morgan fingerprint density at radius 1 is 0.933 bits per heavy atom. The molecule has 1 amide bonds. The van der Waals surface area contributed by atoms with Crippen LogP contribution in [0.15, 0.2) is 58.3 Å². The first-order valence-electron chi connectivity index (χ1n) is 10.4. The number of rotatable bonds is 11. The molecule has 2 aromatic carbocycles. The number of hydrogen-bond acceptors (Lipinski definition) is 5. The highest BCUT2D eigenvalue weighted by atomic mass is 32.2. The summed E-state index contributed by atoms with van der Waals surface area (Å²) < 4.78 is 24.2. The summed E-state index contributed by atoms with van der Waals surface area (Å²) in [6, 6.07) is 15.6. The Bertz CT molecular complexity index is 849. The maximum absolute atomic E-state index is 13.3. The molecule has 0 bridgehead atoms. The minimum atomic E-state index is -3.56. The number of nitrogens with zero attached hydrogens (tertiary/aromatic N) is 1. The van der Waals surface area contributed by atoms with Gasteiger partial charge in [0, 0.05) is 9.79 Å². The van der Waals surface area contributed by atoms with E-state index < -0.39 is 7.75 Å². The lowest BCUT2D eigenvalue weighted by Crippen LogP contribution is -2.36. The van der Waals surface area contributed by atoms with Crippen LogP contribution in [-0.2, 0) is 18.4 Å². The number of amides is 1. The third kappa shape index (κ3) is 5.74. The van der Waals surface area contributed by atoms with Crippen molar-refractivity contribution in [2.75, 3.05) is 24.7 Å². The topological polar surface area (TPSA) is 67.9 Å². The molecule has 0 unspecified atom stereocenters.